The van der Waals surface area contributed by atoms with Gasteiger partial charge in [0, 0.05) is 43.5 Å². The van der Waals surface area contributed by atoms with E-state index in [4.69, 9.17) is 9.72 Å². The number of benzene rings is 2. The molecular weight excluding hydrogens is 524 g/mol. The summed E-state index contributed by atoms with van der Waals surface area (Å²) in [7, 11) is 0. The van der Waals surface area contributed by atoms with Crippen LogP contribution in [0, 0.1) is 12.1 Å². The average Bonchev–Trinajstić information content (AvgIpc) is 2.75. The fourth-order valence-electron chi connectivity index (χ4n) is 2.83. The van der Waals surface area contributed by atoms with Gasteiger partial charge < -0.3 is 9.72 Å². The molecule has 141 valence electrons. The van der Waals surface area contributed by atoms with Crippen LogP contribution in [0.4, 0.5) is 0 Å². The van der Waals surface area contributed by atoms with Gasteiger partial charge in [0.15, 0.2) is 0 Å². The molecule has 2 heterocycles. The van der Waals surface area contributed by atoms with Gasteiger partial charge in [0.2, 0.25) is 5.88 Å². The summed E-state index contributed by atoms with van der Waals surface area (Å²) in [6.45, 7) is 2.10. The SMILES string of the molecule is CC(c1cccc(Oc2[c-]cccc2)n1)c1cccc(-c2[c-]cccc2)n1.[Ir]. The maximum atomic E-state index is 5.81. The molecule has 0 aliphatic carbocycles. The van der Waals surface area contributed by atoms with E-state index >= 15 is 0 Å². The van der Waals surface area contributed by atoms with Crippen LogP contribution in [0.3, 0.4) is 0 Å². The van der Waals surface area contributed by atoms with Crippen molar-refractivity contribution in [3.63, 3.8) is 0 Å². The minimum Gasteiger partial charge on any atom is -0.466 e. The fourth-order valence-corrected chi connectivity index (χ4v) is 2.83. The Morgan fingerprint density at radius 1 is 0.750 bits per heavy atom. The molecule has 0 amide bonds. The maximum Gasteiger partial charge on any atom is 0.216 e. The first-order valence-corrected chi connectivity index (χ1v) is 8.85. The second-order valence-corrected chi connectivity index (χ2v) is 6.18. The number of nitrogens with zero attached hydrogens (tertiary/aromatic N) is 2. The third kappa shape index (κ3) is 4.72. The first kappa shape index (κ1) is 19.9. The van der Waals surface area contributed by atoms with E-state index in [1.54, 1.807) is 0 Å². The van der Waals surface area contributed by atoms with Gasteiger partial charge >= 0.3 is 0 Å². The second kappa shape index (κ2) is 9.41. The van der Waals surface area contributed by atoms with Gasteiger partial charge in [0.05, 0.1) is 5.69 Å². The van der Waals surface area contributed by atoms with Crippen LogP contribution < -0.4 is 4.74 Å². The summed E-state index contributed by atoms with van der Waals surface area (Å²) in [6, 6.07) is 33.5. The standard InChI is InChI=1S/C24H18N2O.Ir/c1-18(21-14-8-16-23(25-21)19-10-4-2-5-11-19)22-15-9-17-24(26-22)27-20-12-6-3-7-13-20;/h2-10,12,14-18H,1H3;/q-2;. The van der Waals surface area contributed by atoms with Crippen molar-refractivity contribution in [1.29, 1.82) is 0 Å². The molecule has 2 aromatic heterocycles. The zero-order valence-electron chi connectivity index (χ0n) is 15.3. The van der Waals surface area contributed by atoms with Gasteiger partial charge in [0.1, 0.15) is 0 Å². The topological polar surface area (TPSA) is 35.0 Å². The van der Waals surface area contributed by atoms with Crippen molar-refractivity contribution >= 4 is 0 Å². The Balaban J connectivity index is 0.00000225. The van der Waals surface area contributed by atoms with Crippen molar-refractivity contribution in [2.45, 2.75) is 12.8 Å². The van der Waals surface area contributed by atoms with Gasteiger partial charge in [-0.05, 0) is 17.8 Å². The summed E-state index contributed by atoms with van der Waals surface area (Å²) >= 11 is 0. The summed E-state index contributed by atoms with van der Waals surface area (Å²) in [6.07, 6.45) is 0. The van der Waals surface area contributed by atoms with Crippen molar-refractivity contribution in [3.8, 4) is 22.9 Å². The molecule has 4 aromatic rings. The molecule has 2 aromatic carbocycles. The number of ether oxygens (including phenoxy) is 1. The van der Waals surface area contributed by atoms with Crippen molar-refractivity contribution in [3.05, 3.63) is 108 Å². The smallest absolute Gasteiger partial charge is 0.216 e. The number of pyridine rings is 2. The molecule has 0 aliphatic heterocycles. The Kier molecular flexibility index (Phi) is 6.70. The van der Waals surface area contributed by atoms with Crippen LogP contribution in [0.15, 0.2) is 84.9 Å². The van der Waals surface area contributed by atoms with Gasteiger partial charge in [-0.1, -0.05) is 25.1 Å². The normalized spacial score (nSPS) is 11.3. The summed E-state index contributed by atoms with van der Waals surface area (Å²) in [4.78, 5) is 9.47. The predicted octanol–water partition coefficient (Wildman–Crippen LogP) is 5.69. The van der Waals surface area contributed by atoms with Crippen molar-refractivity contribution in [2.24, 2.45) is 0 Å². The van der Waals surface area contributed by atoms with Crippen LogP contribution in [0.2, 0.25) is 0 Å². The molecule has 0 N–H and O–H groups in total. The summed E-state index contributed by atoms with van der Waals surface area (Å²) in [5.41, 5.74) is 3.76. The molecule has 4 heteroatoms. The number of hydrogen-bond acceptors (Lipinski definition) is 3. The van der Waals surface area contributed by atoms with E-state index in [1.807, 2.05) is 84.9 Å². The van der Waals surface area contributed by atoms with Crippen LogP contribution in [0.5, 0.6) is 11.6 Å². The third-order valence-electron chi connectivity index (χ3n) is 4.28. The van der Waals surface area contributed by atoms with E-state index in [1.165, 1.54) is 0 Å². The number of rotatable bonds is 5. The monoisotopic (exact) mass is 543 g/mol. The molecule has 1 atom stereocenters. The molecule has 0 bridgehead atoms. The molecule has 0 saturated heterocycles. The Morgan fingerprint density at radius 2 is 1.46 bits per heavy atom. The summed E-state index contributed by atoms with van der Waals surface area (Å²) in [5, 5.41) is 0. The van der Waals surface area contributed by atoms with Gasteiger partial charge in [-0.25, -0.2) is 4.98 Å². The summed E-state index contributed by atoms with van der Waals surface area (Å²) < 4.78 is 5.81. The predicted molar refractivity (Wildman–Crippen MR) is 106 cm³/mol. The zero-order valence-corrected chi connectivity index (χ0v) is 17.7. The molecule has 0 spiro atoms. The first-order chi connectivity index (χ1) is 13.3. The molecular formula is C24H18IrN2O-2. The van der Waals surface area contributed by atoms with Gasteiger partial charge in [-0.3, -0.25) is 0 Å². The van der Waals surface area contributed by atoms with Gasteiger partial charge in [0.25, 0.3) is 0 Å². The second-order valence-electron chi connectivity index (χ2n) is 6.18. The summed E-state index contributed by atoms with van der Waals surface area (Å²) in [5.74, 6) is 1.24. The minimum absolute atomic E-state index is 0. The average molecular weight is 543 g/mol. The van der Waals surface area contributed by atoms with E-state index < -0.39 is 0 Å². The molecule has 0 aliphatic rings. The van der Waals surface area contributed by atoms with Crippen LogP contribution in [-0.4, -0.2) is 9.97 Å². The fraction of sp³-hybridized carbons (Fsp3) is 0.0833. The van der Waals surface area contributed by atoms with Crippen molar-refractivity contribution in [1.82, 2.24) is 9.97 Å². The van der Waals surface area contributed by atoms with Crippen LogP contribution in [-0.2, 0) is 20.1 Å². The quantitative estimate of drug-likeness (QED) is 0.304. The molecule has 0 saturated carbocycles. The van der Waals surface area contributed by atoms with E-state index in [0.29, 0.717) is 11.6 Å². The van der Waals surface area contributed by atoms with Gasteiger partial charge in [-0.2, -0.15) is 18.2 Å². The van der Waals surface area contributed by atoms with Crippen LogP contribution in [0.1, 0.15) is 24.2 Å². The van der Waals surface area contributed by atoms with E-state index in [2.05, 4.69) is 24.0 Å². The largest absolute Gasteiger partial charge is 0.466 e. The maximum absolute atomic E-state index is 5.81. The van der Waals surface area contributed by atoms with E-state index in [9.17, 15) is 0 Å². The number of hydrogen-bond donors (Lipinski definition) is 0. The Hall–Kier alpha value is -2.81. The molecule has 0 fully saturated rings. The third-order valence-corrected chi connectivity index (χ3v) is 4.28. The van der Waals surface area contributed by atoms with Crippen LogP contribution >= 0.6 is 0 Å². The van der Waals surface area contributed by atoms with Crippen molar-refractivity contribution in [2.75, 3.05) is 0 Å². The van der Waals surface area contributed by atoms with E-state index in [0.717, 1.165) is 22.6 Å². The van der Waals surface area contributed by atoms with Crippen LogP contribution in [0.25, 0.3) is 11.3 Å². The number of para-hydroxylation sites is 1. The molecule has 1 radical (unpaired) electrons. The van der Waals surface area contributed by atoms with E-state index in [-0.39, 0.29) is 26.0 Å². The minimum atomic E-state index is 0. The van der Waals surface area contributed by atoms with Gasteiger partial charge in [-0.15, -0.1) is 48.0 Å². The Bertz CT molecular complexity index is 1020. The molecule has 4 rings (SSSR count). The molecule has 1 unspecified atom stereocenters. The first-order valence-electron chi connectivity index (χ1n) is 8.85. The molecule has 3 nitrogen and oxygen atoms in total. The number of aromatic nitrogens is 2. The molecule has 28 heavy (non-hydrogen) atoms. The Labute approximate surface area is 178 Å². The zero-order chi connectivity index (χ0) is 18.5. The Morgan fingerprint density at radius 3 is 2.18 bits per heavy atom. The van der Waals surface area contributed by atoms with Crippen molar-refractivity contribution < 1.29 is 24.8 Å².